The van der Waals surface area contributed by atoms with Gasteiger partial charge in [0.25, 0.3) is 5.69 Å². The molecule has 0 radical (unpaired) electrons. The van der Waals surface area contributed by atoms with Crippen LogP contribution in [0, 0.1) is 21.7 Å². The van der Waals surface area contributed by atoms with E-state index in [2.05, 4.69) is 5.32 Å². The molecule has 142 valence electrons. The molecule has 0 aliphatic carbocycles. The lowest BCUT2D eigenvalue weighted by molar-refractivity contribution is -0.384. The zero-order valence-electron chi connectivity index (χ0n) is 14.1. The van der Waals surface area contributed by atoms with Gasteiger partial charge in [-0.25, -0.2) is 18.4 Å². The number of anilines is 1. The van der Waals surface area contributed by atoms with Gasteiger partial charge in [-0.2, -0.15) is 0 Å². The van der Waals surface area contributed by atoms with E-state index in [4.69, 9.17) is 0 Å². The number of carbonyl (C=O) groups excluding carboxylic acids is 1. The number of non-ortho nitro benzene ring substituents is 1. The highest BCUT2D eigenvalue weighted by molar-refractivity contribution is 5.92. The molecule has 2 amide bonds. The molecule has 0 saturated carbocycles. The molecule has 0 aromatic heterocycles. The molecule has 1 atom stereocenters. The number of benzene rings is 2. The molecule has 0 aliphatic heterocycles. The first-order valence-electron chi connectivity index (χ1n) is 7.68. The first-order chi connectivity index (χ1) is 12.7. The number of hydrogen-bond acceptors (Lipinski definition) is 4. The molecule has 2 aromatic carbocycles. The zero-order chi connectivity index (χ0) is 20.1. The Morgan fingerprint density at radius 2 is 1.85 bits per heavy atom. The Balaban J connectivity index is 2.23. The van der Waals surface area contributed by atoms with E-state index in [0.29, 0.717) is 11.6 Å². The molecule has 2 rings (SSSR count). The van der Waals surface area contributed by atoms with Gasteiger partial charge in [0.05, 0.1) is 10.6 Å². The number of urea groups is 1. The van der Waals surface area contributed by atoms with Crippen molar-refractivity contribution in [2.45, 2.75) is 19.5 Å². The lowest BCUT2D eigenvalue weighted by Gasteiger charge is -2.27. The number of hydrogen-bond donors (Lipinski definition) is 2. The van der Waals surface area contributed by atoms with Gasteiger partial charge in [0, 0.05) is 24.7 Å². The number of aliphatic carboxylic acids is 1. The van der Waals surface area contributed by atoms with Gasteiger partial charge in [-0.15, -0.1) is 0 Å². The highest BCUT2D eigenvalue weighted by atomic mass is 19.1. The number of nitro benzene ring substituents is 1. The normalized spacial score (nSPS) is 11.5. The van der Waals surface area contributed by atoms with Crippen LogP contribution in [0.15, 0.2) is 42.5 Å². The van der Waals surface area contributed by atoms with Gasteiger partial charge in [-0.1, -0.05) is 12.1 Å². The molecule has 2 aromatic rings. The van der Waals surface area contributed by atoms with Crippen LogP contribution in [-0.4, -0.2) is 33.0 Å². The summed E-state index contributed by atoms with van der Waals surface area (Å²) in [7, 11) is 0. The van der Waals surface area contributed by atoms with Crippen LogP contribution in [0.3, 0.4) is 0 Å². The minimum absolute atomic E-state index is 0.158. The van der Waals surface area contributed by atoms with E-state index in [1.165, 1.54) is 31.2 Å². The number of halogens is 2. The molecule has 0 fully saturated rings. The van der Waals surface area contributed by atoms with Crippen LogP contribution in [0.5, 0.6) is 0 Å². The maximum atomic E-state index is 13.7. The van der Waals surface area contributed by atoms with Crippen LogP contribution in [0.25, 0.3) is 0 Å². The smallest absolute Gasteiger partial charge is 0.326 e. The topological polar surface area (TPSA) is 113 Å². The third-order valence-electron chi connectivity index (χ3n) is 3.76. The Labute approximate surface area is 152 Å². The molecule has 8 nitrogen and oxygen atoms in total. The standard InChI is InChI=1S/C17H15F2N3O5/c1-10(16(23)24)21(9-11-2-5-13(6-3-11)22(26)27)17(25)20-15-7-4-12(18)8-14(15)19/h2-8,10H,9H2,1H3,(H,20,25)(H,23,24). The molecule has 27 heavy (non-hydrogen) atoms. The number of amides is 2. The fourth-order valence-corrected chi connectivity index (χ4v) is 2.22. The van der Waals surface area contributed by atoms with Crippen LogP contribution in [0.1, 0.15) is 12.5 Å². The summed E-state index contributed by atoms with van der Waals surface area (Å²) in [5.41, 5.74) is -0.0365. The van der Waals surface area contributed by atoms with Crippen molar-refractivity contribution in [2.75, 3.05) is 5.32 Å². The molecular formula is C17H15F2N3O5. The van der Waals surface area contributed by atoms with Crippen molar-refractivity contribution < 1.29 is 28.4 Å². The molecule has 0 bridgehead atoms. The minimum Gasteiger partial charge on any atom is -0.480 e. The third-order valence-corrected chi connectivity index (χ3v) is 3.76. The molecule has 0 saturated heterocycles. The van der Waals surface area contributed by atoms with Crippen molar-refractivity contribution in [1.29, 1.82) is 0 Å². The minimum atomic E-state index is -1.30. The van der Waals surface area contributed by atoms with Crippen molar-refractivity contribution in [1.82, 2.24) is 4.90 Å². The Morgan fingerprint density at radius 1 is 1.22 bits per heavy atom. The summed E-state index contributed by atoms with van der Waals surface area (Å²) in [5.74, 6) is -3.14. The van der Waals surface area contributed by atoms with E-state index >= 15 is 0 Å². The molecule has 0 aliphatic rings. The van der Waals surface area contributed by atoms with Gasteiger partial charge in [-0.3, -0.25) is 10.1 Å². The summed E-state index contributed by atoms with van der Waals surface area (Å²) in [4.78, 5) is 34.8. The zero-order valence-corrected chi connectivity index (χ0v) is 14.1. The lowest BCUT2D eigenvalue weighted by Crippen LogP contribution is -2.45. The molecule has 0 heterocycles. The SMILES string of the molecule is CC(C(=O)O)N(Cc1ccc([N+](=O)[O-])cc1)C(=O)Nc1ccc(F)cc1F. The van der Waals surface area contributed by atoms with Crippen LogP contribution < -0.4 is 5.32 Å². The lowest BCUT2D eigenvalue weighted by atomic mass is 10.1. The van der Waals surface area contributed by atoms with Crippen LogP contribution >= 0.6 is 0 Å². The van der Waals surface area contributed by atoms with Crippen molar-refractivity contribution in [2.24, 2.45) is 0 Å². The molecule has 10 heteroatoms. The molecule has 1 unspecified atom stereocenters. The predicted molar refractivity (Wildman–Crippen MR) is 91.1 cm³/mol. The average molecular weight is 379 g/mol. The van der Waals surface area contributed by atoms with E-state index in [1.807, 2.05) is 0 Å². The summed E-state index contributed by atoms with van der Waals surface area (Å²) in [5, 5.41) is 22.1. The maximum Gasteiger partial charge on any atom is 0.326 e. The van der Waals surface area contributed by atoms with Gasteiger partial charge in [0.15, 0.2) is 0 Å². The maximum absolute atomic E-state index is 13.7. The summed E-state index contributed by atoms with van der Waals surface area (Å²) >= 11 is 0. The number of nitrogens with zero attached hydrogens (tertiary/aromatic N) is 2. The van der Waals surface area contributed by atoms with Gasteiger partial charge < -0.3 is 15.3 Å². The second kappa shape index (κ2) is 8.21. The summed E-state index contributed by atoms with van der Waals surface area (Å²) in [6, 6.07) is 5.54. The Kier molecular flexibility index (Phi) is 6.01. The Hall–Kier alpha value is -3.56. The van der Waals surface area contributed by atoms with Crippen LogP contribution in [0.2, 0.25) is 0 Å². The van der Waals surface area contributed by atoms with Crippen LogP contribution in [0.4, 0.5) is 25.0 Å². The van der Waals surface area contributed by atoms with Gasteiger partial charge in [0.2, 0.25) is 0 Å². The Bertz CT molecular complexity index is 873. The number of carboxylic acids is 1. The number of nitrogens with one attached hydrogen (secondary N) is 1. The largest absolute Gasteiger partial charge is 0.480 e. The third kappa shape index (κ3) is 4.97. The van der Waals surface area contributed by atoms with Gasteiger partial charge >= 0.3 is 12.0 Å². The van der Waals surface area contributed by atoms with Crippen molar-refractivity contribution >= 4 is 23.4 Å². The number of rotatable bonds is 6. The van der Waals surface area contributed by atoms with Crippen LogP contribution in [-0.2, 0) is 11.3 Å². The number of carbonyl (C=O) groups is 2. The van der Waals surface area contributed by atoms with E-state index in [1.54, 1.807) is 0 Å². The number of nitro groups is 1. The molecule has 2 N–H and O–H groups in total. The average Bonchev–Trinajstić information content (AvgIpc) is 2.61. The van der Waals surface area contributed by atoms with Crippen molar-refractivity contribution in [3.05, 3.63) is 69.8 Å². The fraction of sp³-hybridized carbons (Fsp3) is 0.176. The summed E-state index contributed by atoms with van der Waals surface area (Å²) < 4.78 is 26.7. The van der Waals surface area contributed by atoms with Gasteiger partial charge in [-0.05, 0) is 24.6 Å². The fourth-order valence-electron chi connectivity index (χ4n) is 2.22. The van der Waals surface area contributed by atoms with Crippen molar-refractivity contribution in [3.8, 4) is 0 Å². The Morgan fingerprint density at radius 3 is 2.37 bits per heavy atom. The molecular weight excluding hydrogens is 364 g/mol. The second-order valence-corrected chi connectivity index (χ2v) is 5.62. The van der Waals surface area contributed by atoms with E-state index in [-0.39, 0.29) is 17.9 Å². The number of carboxylic acid groups (broad SMARTS) is 1. The second-order valence-electron chi connectivity index (χ2n) is 5.62. The summed E-state index contributed by atoms with van der Waals surface area (Å²) in [6.07, 6.45) is 0. The van der Waals surface area contributed by atoms with E-state index in [0.717, 1.165) is 17.0 Å². The first-order valence-corrected chi connectivity index (χ1v) is 7.68. The quantitative estimate of drug-likeness (QED) is 0.590. The van der Waals surface area contributed by atoms with Crippen molar-refractivity contribution in [3.63, 3.8) is 0 Å². The first kappa shape index (κ1) is 19.8. The van der Waals surface area contributed by atoms with E-state index < -0.39 is 34.6 Å². The van der Waals surface area contributed by atoms with Gasteiger partial charge in [0.1, 0.15) is 17.7 Å². The monoisotopic (exact) mass is 379 g/mol. The highest BCUT2D eigenvalue weighted by Gasteiger charge is 2.26. The summed E-state index contributed by atoms with van der Waals surface area (Å²) in [6.45, 7) is 1.06. The van der Waals surface area contributed by atoms with E-state index in [9.17, 15) is 33.6 Å². The predicted octanol–water partition coefficient (Wildman–Crippen LogP) is 3.38. The highest BCUT2D eigenvalue weighted by Crippen LogP contribution is 2.19. The molecule has 0 spiro atoms.